The maximum absolute atomic E-state index is 11.5. The van der Waals surface area contributed by atoms with Crippen LogP contribution in [0.3, 0.4) is 0 Å². The molecule has 1 saturated heterocycles. The Morgan fingerprint density at radius 1 is 1.11 bits per heavy atom. The summed E-state index contributed by atoms with van der Waals surface area (Å²) in [6.07, 6.45) is 3.91. The lowest BCUT2D eigenvalue weighted by Gasteiger charge is -2.26. The standard InChI is InChI=1S/C14H22N2O2S/c1-2-19(17,18)15-14-8-6-13(7-9-14)12-16-10-4-3-5-11-16/h6-9,15H,2-5,10-12H2,1H3. The highest BCUT2D eigenvalue weighted by molar-refractivity contribution is 7.92. The van der Waals surface area contributed by atoms with Gasteiger partial charge in [0.25, 0.3) is 0 Å². The Bertz CT molecular complexity index is 491. The van der Waals surface area contributed by atoms with E-state index in [2.05, 4.69) is 9.62 Å². The van der Waals surface area contributed by atoms with Crippen LogP contribution in [0, 0.1) is 0 Å². The van der Waals surface area contributed by atoms with Gasteiger partial charge >= 0.3 is 0 Å². The minimum absolute atomic E-state index is 0.0997. The normalized spacial score (nSPS) is 17.3. The van der Waals surface area contributed by atoms with Gasteiger partial charge in [-0.15, -0.1) is 0 Å². The first-order valence-electron chi connectivity index (χ1n) is 6.91. The van der Waals surface area contributed by atoms with Gasteiger partial charge in [-0.05, 0) is 50.6 Å². The van der Waals surface area contributed by atoms with Gasteiger partial charge in [-0.1, -0.05) is 18.6 Å². The van der Waals surface area contributed by atoms with E-state index in [1.807, 2.05) is 24.3 Å². The summed E-state index contributed by atoms with van der Waals surface area (Å²) in [5.41, 5.74) is 1.88. The summed E-state index contributed by atoms with van der Waals surface area (Å²) < 4.78 is 25.5. The van der Waals surface area contributed by atoms with E-state index in [9.17, 15) is 8.42 Å². The van der Waals surface area contributed by atoms with Gasteiger partial charge in [0.1, 0.15) is 0 Å². The lowest BCUT2D eigenvalue weighted by Crippen LogP contribution is -2.29. The number of hydrogen-bond donors (Lipinski definition) is 1. The maximum Gasteiger partial charge on any atom is 0.232 e. The summed E-state index contributed by atoms with van der Waals surface area (Å²) in [7, 11) is -3.17. The van der Waals surface area contributed by atoms with E-state index >= 15 is 0 Å². The molecule has 2 rings (SSSR count). The average molecular weight is 282 g/mol. The van der Waals surface area contributed by atoms with Gasteiger partial charge in [0.15, 0.2) is 0 Å². The number of rotatable bonds is 5. The fraction of sp³-hybridized carbons (Fsp3) is 0.571. The lowest BCUT2D eigenvalue weighted by molar-refractivity contribution is 0.221. The number of benzene rings is 1. The molecular weight excluding hydrogens is 260 g/mol. The van der Waals surface area contributed by atoms with E-state index in [4.69, 9.17) is 0 Å². The lowest BCUT2D eigenvalue weighted by atomic mass is 10.1. The molecule has 1 aliphatic rings. The number of piperidine rings is 1. The van der Waals surface area contributed by atoms with Crippen molar-refractivity contribution < 1.29 is 8.42 Å². The van der Waals surface area contributed by atoms with Crippen LogP contribution < -0.4 is 4.72 Å². The number of nitrogens with one attached hydrogen (secondary N) is 1. The molecule has 0 unspecified atom stereocenters. The van der Waals surface area contributed by atoms with Crippen LogP contribution in [0.4, 0.5) is 5.69 Å². The van der Waals surface area contributed by atoms with Gasteiger partial charge in [-0.2, -0.15) is 0 Å². The first-order valence-corrected chi connectivity index (χ1v) is 8.56. The molecule has 1 N–H and O–H groups in total. The minimum Gasteiger partial charge on any atom is -0.299 e. The molecule has 0 bridgehead atoms. The van der Waals surface area contributed by atoms with E-state index in [0.29, 0.717) is 5.69 Å². The topological polar surface area (TPSA) is 49.4 Å². The van der Waals surface area contributed by atoms with Gasteiger partial charge < -0.3 is 0 Å². The van der Waals surface area contributed by atoms with Crippen molar-refractivity contribution in [3.8, 4) is 0 Å². The van der Waals surface area contributed by atoms with E-state index < -0.39 is 10.0 Å². The second kappa shape index (κ2) is 6.39. The average Bonchev–Trinajstić information content (AvgIpc) is 2.42. The third kappa shape index (κ3) is 4.51. The molecule has 4 nitrogen and oxygen atoms in total. The summed E-state index contributed by atoms with van der Waals surface area (Å²) in [6.45, 7) is 4.93. The van der Waals surface area contributed by atoms with Crippen molar-refractivity contribution in [2.75, 3.05) is 23.6 Å². The molecule has 1 aromatic carbocycles. The molecule has 0 aliphatic carbocycles. The highest BCUT2D eigenvalue weighted by Crippen LogP contribution is 2.16. The van der Waals surface area contributed by atoms with Gasteiger partial charge in [-0.25, -0.2) is 8.42 Å². The molecule has 0 spiro atoms. The maximum atomic E-state index is 11.5. The zero-order chi connectivity index (χ0) is 13.7. The quantitative estimate of drug-likeness (QED) is 0.902. The van der Waals surface area contributed by atoms with Crippen LogP contribution in [-0.2, 0) is 16.6 Å². The number of anilines is 1. The first kappa shape index (κ1) is 14.3. The van der Waals surface area contributed by atoms with Crippen molar-refractivity contribution in [2.45, 2.75) is 32.7 Å². The fourth-order valence-electron chi connectivity index (χ4n) is 2.31. The third-order valence-corrected chi connectivity index (χ3v) is 4.77. The molecule has 0 amide bonds. The van der Waals surface area contributed by atoms with Crippen LogP contribution in [0.5, 0.6) is 0 Å². The number of likely N-dealkylation sites (tertiary alicyclic amines) is 1. The van der Waals surface area contributed by atoms with Crippen LogP contribution in [0.15, 0.2) is 24.3 Å². The Labute approximate surface area is 115 Å². The van der Waals surface area contributed by atoms with E-state index in [-0.39, 0.29) is 5.75 Å². The SMILES string of the molecule is CCS(=O)(=O)Nc1ccc(CN2CCCCC2)cc1. The molecule has 0 saturated carbocycles. The molecule has 0 radical (unpaired) electrons. The molecule has 19 heavy (non-hydrogen) atoms. The van der Waals surface area contributed by atoms with Crippen molar-refractivity contribution in [2.24, 2.45) is 0 Å². The summed E-state index contributed by atoms with van der Waals surface area (Å²) in [5, 5.41) is 0. The van der Waals surface area contributed by atoms with E-state index in [0.717, 1.165) is 6.54 Å². The minimum atomic E-state index is -3.17. The van der Waals surface area contributed by atoms with Crippen LogP contribution in [0.25, 0.3) is 0 Å². The predicted molar refractivity (Wildman–Crippen MR) is 78.7 cm³/mol. The molecule has 1 aliphatic heterocycles. The molecule has 0 aromatic heterocycles. The Hall–Kier alpha value is -1.07. The van der Waals surface area contributed by atoms with Gasteiger partial charge in [-0.3, -0.25) is 9.62 Å². The molecule has 1 heterocycles. The number of sulfonamides is 1. The summed E-state index contributed by atoms with van der Waals surface area (Å²) >= 11 is 0. The zero-order valence-corrected chi connectivity index (χ0v) is 12.2. The van der Waals surface area contributed by atoms with Crippen molar-refractivity contribution in [1.29, 1.82) is 0 Å². The Morgan fingerprint density at radius 2 is 1.74 bits per heavy atom. The Kier molecular flexibility index (Phi) is 4.82. The summed E-state index contributed by atoms with van der Waals surface area (Å²) in [5.74, 6) is 0.0997. The van der Waals surface area contributed by atoms with Gasteiger partial charge in [0.05, 0.1) is 5.75 Å². The van der Waals surface area contributed by atoms with E-state index in [1.54, 1.807) is 6.92 Å². The molecule has 5 heteroatoms. The predicted octanol–water partition coefficient (Wildman–Crippen LogP) is 2.43. The molecule has 106 valence electrons. The summed E-state index contributed by atoms with van der Waals surface area (Å²) in [6, 6.07) is 7.68. The van der Waals surface area contributed by atoms with Crippen LogP contribution in [0.1, 0.15) is 31.7 Å². The van der Waals surface area contributed by atoms with Crippen molar-refractivity contribution in [3.05, 3.63) is 29.8 Å². The second-order valence-corrected chi connectivity index (χ2v) is 7.05. The molecule has 0 atom stereocenters. The van der Waals surface area contributed by atoms with Crippen LogP contribution >= 0.6 is 0 Å². The first-order chi connectivity index (χ1) is 9.09. The molecule has 1 fully saturated rings. The molecule has 1 aromatic rings. The highest BCUT2D eigenvalue weighted by atomic mass is 32.2. The van der Waals surface area contributed by atoms with Crippen LogP contribution in [-0.4, -0.2) is 32.2 Å². The fourth-order valence-corrected chi connectivity index (χ4v) is 2.95. The van der Waals surface area contributed by atoms with E-state index in [1.165, 1.54) is 37.9 Å². The summed E-state index contributed by atoms with van der Waals surface area (Å²) in [4.78, 5) is 2.45. The van der Waals surface area contributed by atoms with Gasteiger partial charge in [0.2, 0.25) is 10.0 Å². The highest BCUT2D eigenvalue weighted by Gasteiger charge is 2.11. The monoisotopic (exact) mass is 282 g/mol. The smallest absolute Gasteiger partial charge is 0.232 e. The van der Waals surface area contributed by atoms with Crippen molar-refractivity contribution in [1.82, 2.24) is 4.90 Å². The van der Waals surface area contributed by atoms with Gasteiger partial charge in [0, 0.05) is 12.2 Å². The second-order valence-electron chi connectivity index (χ2n) is 5.04. The van der Waals surface area contributed by atoms with Crippen molar-refractivity contribution >= 4 is 15.7 Å². The van der Waals surface area contributed by atoms with Crippen LogP contribution in [0.2, 0.25) is 0 Å². The Balaban J connectivity index is 1.94. The third-order valence-electron chi connectivity index (χ3n) is 3.46. The Morgan fingerprint density at radius 3 is 2.32 bits per heavy atom. The van der Waals surface area contributed by atoms with Crippen molar-refractivity contribution in [3.63, 3.8) is 0 Å². The molecular formula is C14H22N2O2S. The number of hydrogen-bond acceptors (Lipinski definition) is 3. The number of nitrogens with zero attached hydrogens (tertiary/aromatic N) is 1. The zero-order valence-electron chi connectivity index (χ0n) is 11.4. The largest absolute Gasteiger partial charge is 0.299 e.